The zero-order chi connectivity index (χ0) is 23.1. The Balaban J connectivity index is 1.93. The Morgan fingerprint density at radius 1 is 0.969 bits per heavy atom. The van der Waals surface area contributed by atoms with Crippen molar-refractivity contribution in [3.63, 3.8) is 0 Å². The highest BCUT2D eigenvalue weighted by Crippen LogP contribution is 2.29. The van der Waals surface area contributed by atoms with E-state index in [0.717, 1.165) is 22.0 Å². The Hall–Kier alpha value is -4.05. The van der Waals surface area contributed by atoms with Gasteiger partial charge in [0.2, 0.25) is 0 Å². The van der Waals surface area contributed by atoms with Gasteiger partial charge in [0, 0.05) is 6.07 Å². The number of hydrogen-bond donors (Lipinski definition) is 1. The number of rotatable bonds is 8. The molecule has 1 amide bonds. The second kappa shape index (κ2) is 9.84. The molecule has 0 saturated heterocycles. The van der Waals surface area contributed by atoms with E-state index >= 15 is 0 Å². The molecule has 3 rings (SSSR count). The predicted octanol–water partition coefficient (Wildman–Crippen LogP) is 3.33. The number of sulfonamides is 1. The average molecular weight is 452 g/mol. The van der Waals surface area contributed by atoms with Gasteiger partial charge in [0.1, 0.15) is 6.54 Å². The van der Waals surface area contributed by atoms with Crippen molar-refractivity contribution in [2.24, 2.45) is 5.10 Å². The minimum absolute atomic E-state index is 0.185. The molecular formula is C22H20N4O5S. The van der Waals surface area contributed by atoms with Gasteiger partial charge < -0.3 is 0 Å². The number of hydrazone groups is 1. The third kappa shape index (κ3) is 5.16. The highest BCUT2D eigenvalue weighted by Gasteiger charge is 2.33. The molecule has 0 fully saturated rings. The van der Waals surface area contributed by atoms with Gasteiger partial charge in [-0.05, 0) is 30.7 Å². The summed E-state index contributed by atoms with van der Waals surface area (Å²) in [6.07, 6.45) is 0. The van der Waals surface area contributed by atoms with Gasteiger partial charge in [-0.15, -0.1) is 0 Å². The van der Waals surface area contributed by atoms with Gasteiger partial charge in [0.25, 0.3) is 21.6 Å². The van der Waals surface area contributed by atoms with Crippen molar-refractivity contribution in [2.45, 2.75) is 11.8 Å². The van der Waals surface area contributed by atoms with Crippen LogP contribution in [0.1, 0.15) is 12.5 Å². The number of anilines is 1. The smallest absolute Gasteiger partial charge is 0.271 e. The molecule has 10 heteroatoms. The lowest BCUT2D eigenvalue weighted by Crippen LogP contribution is -2.40. The SMILES string of the molecule is C/C(=N/NC(=O)CN(c1ccccc1)S(=O)(=O)c1ccccc1[N+](=O)[O-])c1ccccc1. The Bertz CT molecular complexity index is 1250. The van der Waals surface area contributed by atoms with E-state index in [2.05, 4.69) is 10.5 Å². The fraction of sp³-hybridized carbons (Fsp3) is 0.0909. The number of nitrogens with zero attached hydrogens (tertiary/aromatic N) is 3. The van der Waals surface area contributed by atoms with Gasteiger partial charge in [0.05, 0.1) is 16.3 Å². The van der Waals surface area contributed by atoms with E-state index < -0.39 is 38.0 Å². The highest BCUT2D eigenvalue weighted by atomic mass is 32.2. The van der Waals surface area contributed by atoms with Crippen molar-refractivity contribution in [2.75, 3.05) is 10.8 Å². The number of amides is 1. The summed E-state index contributed by atoms with van der Waals surface area (Å²) in [5.41, 5.74) is 3.28. The molecule has 0 aliphatic carbocycles. The number of carbonyl (C=O) groups is 1. The van der Waals surface area contributed by atoms with Crippen molar-refractivity contribution < 1.29 is 18.1 Å². The molecule has 9 nitrogen and oxygen atoms in total. The fourth-order valence-corrected chi connectivity index (χ4v) is 4.49. The molecule has 0 unspecified atom stereocenters. The minimum atomic E-state index is -4.43. The van der Waals surface area contributed by atoms with Gasteiger partial charge in [-0.1, -0.05) is 60.7 Å². The summed E-state index contributed by atoms with van der Waals surface area (Å²) in [5, 5.41) is 15.4. The van der Waals surface area contributed by atoms with Gasteiger partial charge in [0.15, 0.2) is 4.90 Å². The molecule has 0 aliphatic rings. The van der Waals surface area contributed by atoms with Crippen LogP contribution in [0.25, 0.3) is 0 Å². The van der Waals surface area contributed by atoms with Crippen molar-refractivity contribution in [3.05, 3.63) is 101 Å². The number of para-hydroxylation sites is 2. The molecule has 32 heavy (non-hydrogen) atoms. The van der Waals surface area contributed by atoms with Crippen LogP contribution in [0.4, 0.5) is 11.4 Å². The van der Waals surface area contributed by atoms with Gasteiger partial charge in [-0.25, -0.2) is 13.8 Å². The van der Waals surface area contributed by atoms with E-state index in [0.29, 0.717) is 5.71 Å². The van der Waals surface area contributed by atoms with Crippen molar-refractivity contribution in [1.82, 2.24) is 5.43 Å². The maximum absolute atomic E-state index is 13.4. The van der Waals surface area contributed by atoms with Crippen LogP contribution in [0.15, 0.2) is 94.9 Å². The first-order valence-corrected chi connectivity index (χ1v) is 10.9. The summed E-state index contributed by atoms with van der Waals surface area (Å²) in [4.78, 5) is 22.7. The Morgan fingerprint density at radius 2 is 1.53 bits per heavy atom. The predicted molar refractivity (Wildman–Crippen MR) is 121 cm³/mol. The maximum atomic E-state index is 13.4. The summed E-state index contributed by atoms with van der Waals surface area (Å²) in [7, 11) is -4.43. The first-order valence-electron chi connectivity index (χ1n) is 9.50. The van der Waals surface area contributed by atoms with Crippen molar-refractivity contribution in [1.29, 1.82) is 0 Å². The Kier molecular flexibility index (Phi) is 6.96. The van der Waals surface area contributed by atoms with Crippen LogP contribution in [0, 0.1) is 10.1 Å². The molecule has 3 aromatic carbocycles. The maximum Gasteiger partial charge on any atom is 0.289 e. The lowest BCUT2D eigenvalue weighted by atomic mass is 10.1. The highest BCUT2D eigenvalue weighted by molar-refractivity contribution is 7.93. The summed E-state index contributed by atoms with van der Waals surface area (Å²) in [5.74, 6) is -0.703. The normalized spacial score (nSPS) is 11.6. The number of benzene rings is 3. The molecule has 0 aromatic heterocycles. The van der Waals surface area contributed by atoms with Crippen LogP contribution >= 0.6 is 0 Å². The van der Waals surface area contributed by atoms with E-state index in [1.54, 1.807) is 25.1 Å². The molecule has 0 saturated carbocycles. The van der Waals surface area contributed by atoms with Crippen LogP contribution < -0.4 is 9.73 Å². The summed E-state index contributed by atoms with van der Waals surface area (Å²) in [6.45, 7) is 1.08. The minimum Gasteiger partial charge on any atom is -0.271 e. The topological polar surface area (TPSA) is 122 Å². The zero-order valence-electron chi connectivity index (χ0n) is 17.1. The molecule has 0 atom stereocenters. The summed E-state index contributed by atoms with van der Waals surface area (Å²) >= 11 is 0. The Labute approximate surface area is 185 Å². The molecule has 0 heterocycles. The van der Waals surface area contributed by atoms with Crippen LogP contribution in [-0.4, -0.2) is 31.5 Å². The van der Waals surface area contributed by atoms with E-state index in [1.165, 1.54) is 24.3 Å². The van der Waals surface area contributed by atoms with Gasteiger partial charge in [-0.3, -0.25) is 19.2 Å². The van der Waals surface area contributed by atoms with Crippen molar-refractivity contribution in [3.8, 4) is 0 Å². The Morgan fingerprint density at radius 3 is 2.16 bits per heavy atom. The van der Waals surface area contributed by atoms with E-state index in [1.807, 2.05) is 30.3 Å². The third-order valence-corrected chi connectivity index (χ3v) is 6.32. The molecular weight excluding hydrogens is 432 g/mol. The van der Waals surface area contributed by atoms with E-state index in [9.17, 15) is 23.3 Å². The first-order chi connectivity index (χ1) is 15.3. The van der Waals surface area contributed by atoms with Gasteiger partial charge >= 0.3 is 0 Å². The number of hydrogen-bond acceptors (Lipinski definition) is 6. The van der Waals surface area contributed by atoms with Gasteiger partial charge in [-0.2, -0.15) is 5.10 Å². The zero-order valence-corrected chi connectivity index (χ0v) is 17.9. The van der Waals surface area contributed by atoms with Crippen LogP contribution in [-0.2, 0) is 14.8 Å². The number of carbonyl (C=O) groups excluding carboxylic acids is 1. The summed E-state index contributed by atoms with van der Waals surface area (Å²) in [6, 6.07) is 22.0. The quantitative estimate of drug-likeness (QED) is 0.319. The van der Waals surface area contributed by atoms with Crippen LogP contribution in [0.2, 0.25) is 0 Å². The largest absolute Gasteiger partial charge is 0.289 e. The number of nitro benzene ring substituents is 1. The van der Waals surface area contributed by atoms with Crippen LogP contribution in [0.3, 0.4) is 0 Å². The number of nitro groups is 1. The molecule has 0 bridgehead atoms. The molecule has 0 radical (unpaired) electrons. The monoisotopic (exact) mass is 452 g/mol. The lowest BCUT2D eigenvalue weighted by molar-refractivity contribution is -0.387. The lowest BCUT2D eigenvalue weighted by Gasteiger charge is -2.23. The number of nitrogens with one attached hydrogen (secondary N) is 1. The fourth-order valence-electron chi connectivity index (χ4n) is 2.91. The second-order valence-corrected chi connectivity index (χ2v) is 8.50. The standard InChI is InChI=1S/C22H20N4O5S/c1-17(18-10-4-2-5-11-18)23-24-22(27)16-25(19-12-6-3-7-13-19)32(30,31)21-15-9-8-14-20(21)26(28)29/h2-15H,16H2,1H3,(H,24,27)/b23-17-. The molecule has 164 valence electrons. The molecule has 0 aliphatic heterocycles. The van der Waals surface area contributed by atoms with E-state index in [4.69, 9.17) is 0 Å². The average Bonchev–Trinajstić information content (AvgIpc) is 2.82. The first kappa shape index (κ1) is 22.6. The molecule has 0 spiro atoms. The third-order valence-electron chi connectivity index (χ3n) is 4.50. The second-order valence-electron chi connectivity index (χ2n) is 6.67. The van der Waals surface area contributed by atoms with Crippen LogP contribution in [0.5, 0.6) is 0 Å². The summed E-state index contributed by atoms with van der Waals surface area (Å²) < 4.78 is 27.5. The molecule has 1 N–H and O–H groups in total. The van der Waals surface area contributed by atoms with Crippen molar-refractivity contribution >= 4 is 33.0 Å². The van der Waals surface area contributed by atoms with E-state index in [-0.39, 0.29) is 5.69 Å². The molecule has 3 aromatic rings.